The summed E-state index contributed by atoms with van der Waals surface area (Å²) in [7, 11) is 2.56. The standard InChI is InChI=1S/C42H30Cl2F5N3O7/c1-58-27-16-19(17-28(59-2)36(27)53)8-15-26-23-13-14-24-29(38(55)51(37(24)54)22-11-9-21(10-12-22)50-20-6-4-3-5-7-20)25(23)18-41(43)39(56)52(40(57)42(26,41)44)35-33(48)31(46)30(45)32(47)34(35)49/h3-13,15-17,24-26,29,50,53H,14,18H2,1-2H3/t24-,25+,26-,29-,41+,42-/m0/s1. The Bertz CT molecular complexity index is 2490. The number of phenolic OH excluding ortho intramolecular Hbond substituents is 1. The zero-order chi connectivity index (χ0) is 42.3. The summed E-state index contributed by atoms with van der Waals surface area (Å²) >= 11 is 14.4. The Morgan fingerprint density at radius 3 is 1.93 bits per heavy atom. The fourth-order valence-corrected chi connectivity index (χ4v) is 9.56. The summed E-state index contributed by atoms with van der Waals surface area (Å²) in [6.45, 7) is 0. The van der Waals surface area contributed by atoms with Gasteiger partial charge in [0.1, 0.15) is 5.69 Å². The number of rotatable bonds is 8. The van der Waals surface area contributed by atoms with Crippen molar-refractivity contribution in [2.24, 2.45) is 23.7 Å². The van der Waals surface area contributed by atoms with Crippen LogP contribution >= 0.6 is 23.2 Å². The van der Waals surface area contributed by atoms with Crippen molar-refractivity contribution in [1.82, 2.24) is 0 Å². The van der Waals surface area contributed by atoms with Crippen molar-refractivity contribution in [2.45, 2.75) is 22.6 Å². The summed E-state index contributed by atoms with van der Waals surface area (Å²) < 4.78 is 84.5. The van der Waals surface area contributed by atoms with Crippen molar-refractivity contribution in [2.75, 3.05) is 29.3 Å². The van der Waals surface area contributed by atoms with Crippen molar-refractivity contribution in [3.8, 4) is 17.2 Å². The van der Waals surface area contributed by atoms with Crippen molar-refractivity contribution in [3.05, 3.63) is 119 Å². The van der Waals surface area contributed by atoms with Gasteiger partial charge in [0.25, 0.3) is 11.8 Å². The number of carbonyl (C=O) groups excluding carboxylic acids is 4. The Kier molecular flexibility index (Phi) is 9.74. The molecule has 2 heterocycles. The molecule has 2 N–H and O–H groups in total. The lowest BCUT2D eigenvalue weighted by Gasteiger charge is -2.49. The molecule has 0 unspecified atom stereocenters. The van der Waals surface area contributed by atoms with Crippen LogP contribution in [-0.4, -0.2) is 52.7 Å². The fourth-order valence-electron chi connectivity index (χ4n) is 8.67. The van der Waals surface area contributed by atoms with Crippen LogP contribution in [0.3, 0.4) is 0 Å². The predicted molar refractivity (Wildman–Crippen MR) is 206 cm³/mol. The third-order valence-corrected chi connectivity index (χ3v) is 12.9. The first-order valence-electron chi connectivity index (χ1n) is 18.0. The van der Waals surface area contributed by atoms with Crippen LogP contribution in [0.25, 0.3) is 6.08 Å². The number of methoxy groups -OCH3 is 2. The second-order valence-electron chi connectivity index (χ2n) is 14.4. The van der Waals surface area contributed by atoms with Gasteiger partial charge in [-0.2, -0.15) is 0 Å². The first kappa shape index (κ1) is 39.9. The van der Waals surface area contributed by atoms with E-state index in [1.165, 1.54) is 38.5 Å². The number of carbonyl (C=O) groups is 4. The lowest BCUT2D eigenvalue weighted by atomic mass is 9.57. The highest BCUT2D eigenvalue weighted by Crippen LogP contribution is 2.64. The maximum Gasteiger partial charge on any atom is 0.258 e. The number of amides is 4. The van der Waals surface area contributed by atoms with Gasteiger partial charge in [0.05, 0.1) is 31.7 Å². The Balaban J connectivity index is 1.23. The Morgan fingerprint density at radius 2 is 1.34 bits per heavy atom. The molecule has 3 fully saturated rings. The van der Waals surface area contributed by atoms with Crippen LogP contribution in [0.2, 0.25) is 0 Å². The number of hydrogen-bond donors (Lipinski definition) is 2. The SMILES string of the molecule is COc1cc(C=C[C@H]2C3=CC[C@@H]4C(=O)N(c5ccc(Nc6ccccc6)cc5)C(=O)[C@@H]4[C@@H]3C[C@@]3(Cl)C(=O)N(c4c(F)c(F)c(F)c(F)c4F)C(=O)[C@@]23Cl)cc(OC)c1O. The molecule has 1 saturated carbocycles. The number of phenols is 1. The highest BCUT2D eigenvalue weighted by molar-refractivity contribution is 6.58. The lowest BCUT2D eigenvalue weighted by Crippen LogP contribution is -2.60. The molecular formula is C42H30Cl2F5N3O7. The van der Waals surface area contributed by atoms with Crippen LogP contribution in [-0.2, 0) is 19.2 Å². The molecule has 2 aliphatic carbocycles. The molecule has 0 aromatic heterocycles. The zero-order valence-electron chi connectivity index (χ0n) is 30.7. The first-order chi connectivity index (χ1) is 28.1. The molecule has 17 heteroatoms. The third kappa shape index (κ3) is 5.80. The number of alkyl halides is 2. The topological polar surface area (TPSA) is 125 Å². The van der Waals surface area contributed by atoms with Gasteiger partial charge in [0.2, 0.25) is 23.4 Å². The number of halogens is 7. The zero-order valence-corrected chi connectivity index (χ0v) is 32.3. The maximum atomic E-state index is 15.4. The Morgan fingerprint density at radius 1 is 0.763 bits per heavy atom. The molecule has 2 saturated heterocycles. The quantitative estimate of drug-likeness (QED) is 0.0455. The van der Waals surface area contributed by atoms with Crippen LogP contribution in [0.15, 0.2) is 84.5 Å². The molecule has 8 rings (SSSR count). The molecule has 0 radical (unpaired) electrons. The summed E-state index contributed by atoms with van der Waals surface area (Å²) in [5.74, 6) is -21.9. The van der Waals surface area contributed by atoms with Gasteiger partial charge in [-0.3, -0.25) is 24.1 Å². The average molecular weight is 855 g/mol. The molecule has 4 aromatic carbocycles. The fraction of sp³-hybridized carbons (Fsp3) is 0.238. The smallest absolute Gasteiger partial charge is 0.258 e. The molecule has 0 bridgehead atoms. The van der Waals surface area contributed by atoms with Gasteiger partial charge >= 0.3 is 0 Å². The van der Waals surface area contributed by atoms with Gasteiger partial charge in [0, 0.05) is 17.3 Å². The number of nitrogens with zero attached hydrogens (tertiary/aromatic N) is 2. The monoisotopic (exact) mass is 853 g/mol. The molecule has 4 amide bonds. The van der Waals surface area contributed by atoms with E-state index in [9.17, 15) is 37.5 Å². The molecule has 59 heavy (non-hydrogen) atoms. The molecule has 304 valence electrons. The molecular weight excluding hydrogens is 824 g/mol. The highest BCUT2D eigenvalue weighted by atomic mass is 35.5. The summed E-state index contributed by atoms with van der Waals surface area (Å²) in [6.07, 6.45) is 3.61. The minimum absolute atomic E-state index is 0.0267. The Hall–Kier alpha value is -5.93. The van der Waals surface area contributed by atoms with Gasteiger partial charge in [-0.25, -0.2) is 26.9 Å². The number of imide groups is 2. The van der Waals surface area contributed by atoms with Gasteiger partial charge in [-0.15, -0.1) is 23.2 Å². The number of anilines is 4. The van der Waals surface area contributed by atoms with Crippen molar-refractivity contribution in [3.63, 3.8) is 0 Å². The lowest BCUT2D eigenvalue weighted by molar-refractivity contribution is -0.125. The number of hydrogen-bond acceptors (Lipinski definition) is 8. The van der Waals surface area contributed by atoms with Crippen molar-refractivity contribution in [1.29, 1.82) is 0 Å². The second-order valence-corrected chi connectivity index (χ2v) is 15.7. The number of fused-ring (bicyclic) bond motifs is 4. The van der Waals surface area contributed by atoms with Gasteiger partial charge in [-0.1, -0.05) is 42.0 Å². The molecule has 0 spiro atoms. The molecule has 4 aromatic rings. The third-order valence-electron chi connectivity index (χ3n) is 11.4. The number of aromatic hydroxyl groups is 1. The van der Waals surface area contributed by atoms with E-state index in [0.717, 1.165) is 10.6 Å². The number of para-hydroxylation sites is 1. The maximum absolute atomic E-state index is 15.4. The first-order valence-corrected chi connectivity index (χ1v) is 18.8. The second kappa shape index (κ2) is 14.4. The van der Waals surface area contributed by atoms with E-state index in [2.05, 4.69) is 5.32 Å². The minimum Gasteiger partial charge on any atom is -0.502 e. The molecule has 4 aliphatic rings. The normalized spacial score (nSPS) is 26.2. The summed E-state index contributed by atoms with van der Waals surface area (Å²) in [5, 5.41) is 13.7. The molecule has 6 atom stereocenters. The summed E-state index contributed by atoms with van der Waals surface area (Å²) in [5.41, 5.74) is 0.375. The van der Waals surface area contributed by atoms with E-state index in [0.29, 0.717) is 5.69 Å². The van der Waals surface area contributed by atoms with E-state index < -0.39 is 98.2 Å². The van der Waals surface area contributed by atoms with E-state index >= 15 is 8.78 Å². The minimum atomic E-state index is -2.70. The summed E-state index contributed by atoms with van der Waals surface area (Å²) in [4.78, 5) is 52.9. The van der Waals surface area contributed by atoms with Crippen molar-refractivity contribution < 1.29 is 55.7 Å². The number of benzene rings is 4. The van der Waals surface area contributed by atoms with Crippen LogP contribution in [0.4, 0.5) is 44.7 Å². The van der Waals surface area contributed by atoms with Gasteiger partial charge in [0.15, 0.2) is 44.5 Å². The number of ether oxygens (including phenoxy) is 2. The van der Waals surface area contributed by atoms with E-state index in [1.807, 2.05) is 30.3 Å². The van der Waals surface area contributed by atoms with Gasteiger partial charge < -0.3 is 19.9 Å². The van der Waals surface area contributed by atoms with E-state index in [1.54, 1.807) is 30.3 Å². The summed E-state index contributed by atoms with van der Waals surface area (Å²) in [6, 6.07) is 18.5. The van der Waals surface area contributed by atoms with Crippen LogP contribution in [0.1, 0.15) is 18.4 Å². The van der Waals surface area contributed by atoms with E-state index in [-0.39, 0.29) is 45.4 Å². The van der Waals surface area contributed by atoms with Crippen LogP contribution < -0.4 is 24.6 Å². The molecule has 10 nitrogen and oxygen atoms in total. The van der Waals surface area contributed by atoms with Crippen molar-refractivity contribution >= 4 is 75.7 Å². The average Bonchev–Trinajstić information content (AvgIpc) is 3.57. The highest BCUT2D eigenvalue weighted by Gasteiger charge is 2.76. The van der Waals surface area contributed by atoms with E-state index in [4.69, 9.17) is 32.7 Å². The Labute approximate surface area is 342 Å². The van der Waals surface area contributed by atoms with Crippen LogP contribution in [0.5, 0.6) is 17.2 Å². The largest absolute Gasteiger partial charge is 0.502 e. The number of allylic oxidation sites excluding steroid dienone is 3. The van der Waals surface area contributed by atoms with Gasteiger partial charge in [-0.05, 0) is 72.9 Å². The molecule has 2 aliphatic heterocycles. The number of nitrogens with one attached hydrogen (secondary N) is 1. The predicted octanol–water partition coefficient (Wildman–Crippen LogP) is 8.16. The van der Waals surface area contributed by atoms with Crippen LogP contribution in [0, 0.1) is 52.8 Å².